The lowest BCUT2D eigenvalue weighted by molar-refractivity contribution is -0.138. The van der Waals surface area contributed by atoms with E-state index in [0.717, 1.165) is 0 Å². The Hall–Kier alpha value is -1.54. The Morgan fingerprint density at radius 1 is 1.19 bits per heavy atom. The Labute approximate surface area is 168 Å². The summed E-state index contributed by atoms with van der Waals surface area (Å²) in [7, 11) is 0. The minimum atomic E-state index is -0.988. The van der Waals surface area contributed by atoms with E-state index in [9.17, 15) is 19.8 Å². The van der Waals surface area contributed by atoms with E-state index in [1.54, 1.807) is 13.0 Å². The molecule has 3 N–H and O–H groups in total. The van der Waals surface area contributed by atoms with E-state index in [0.29, 0.717) is 26.3 Å². The van der Waals surface area contributed by atoms with E-state index in [2.05, 4.69) is 37.2 Å². The zero-order valence-electron chi connectivity index (χ0n) is 14.9. The van der Waals surface area contributed by atoms with Gasteiger partial charge in [-0.2, -0.15) is 0 Å². The van der Waals surface area contributed by atoms with Crippen molar-refractivity contribution in [3.8, 4) is 5.75 Å². The summed E-state index contributed by atoms with van der Waals surface area (Å²) in [6, 6.07) is 3.08. The van der Waals surface area contributed by atoms with Crippen molar-refractivity contribution >= 4 is 54.7 Å². The van der Waals surface area contributed by atoms with Gasteiger partial charge in [0.15, 0.2) is 5.76 Å². The minimum absolute atomic E-state index is 0.00806. The zero-order valence-corrected chi connectivity index (χ0v) is 18.1. The van der Waals surface area contributed by atoms with Gasteiger partial charge in [0.05, 0.1) is 15.4 Å². The molecule has 1 atom stereocenters. The Kier molecular flexibility index (Phi) is 5.77. The SMILES string of the molecule is CC(C)(C)CC(C)(CC(=O)O)NC(=O)c1cc2c(Br)c(O)c(Br)cc2o1. The number of halogens is 2. The van der Waals surface area contributed by atoms with Crippen molar-refractivity contribution in [1.82, 2.24) is 5.32 Å². The first-order valence-corrected chi connectivity index (χ1v) is 9.55. The monoisotopic (exact) mass is 489 g/mol. The van der Waals surface area contributed by atoms with Gasteiger partial charge in [0.25, 0.3) is 5.91 Å². The summed E-state index contributed by atoms with van der Waals surface area (Å²) in [4.78, 5) is 24.0. The molecule has 0 aliphatic rings. The topological polar surface area (TPSA) is 99.8 Å². The van der Waals surface area contributed by atoms with Crippen molar-refractivity contribution in [2.24, 2.45) is 5.41 Å². The van der Waals surface area contributed by atoms with Crippen LogP contribution in [0.4, 0.5) is 0 Å². The summed E-state index contributed by atoms with van der Waals surface area (Å²) in [5.41, 5.74) is -0.687. The Bertz CT molecular complexity index is 869. The molecule has 1 heterocycles. The van der Waals surface area contributed by atoms with Crippen LogP contribution in [0.1, 0.15) is 51.1 Å². The number of furan rings is 1. The molecule has 26 heavy (non-hydrogen) atoms. The van der Waals surface area contributed by atoms with Crippen molar-refractivity contribution in [3.63, 3.8) is 0 Å². The van der Waals surface area contributed by atoms with Crippen LogP contribution in [0.5, 0.6) is 5.75 Å². The van der Waals surface area contributed by atoms with Crippen molar-refractivity contribution in [1.29, 1.82) is 0 Å². The van der Waals surface area contributed by atoms with Gasteiger partial charge in [-0.25, -0.2) is 0 Å². The molecule has 8 heteroatoms. The molecular formula is C18H21Br2NO5. The summed E-state index contributed by atoms with van der Waals surface area (Å²) in [6.07, 6.45) is 0.278. The Balaban J connectivity index is 2.36. The lowest BCUT2D eigenvalue weighted by Crippen LogP contribution is -2.49. The van der Waals surface area contributed by atoms with Crippen LogP contribution in [0.15, 0.2) is 25.5 Å². The maximum Gasteiger partial charge on any atom is 0.305 e. The molecule has 142 valence electrons. The number of phenolic OH excluding ortho intramolecular Hbond substituents is 1. The second-order valence-corrected chi connectivity index (χ2v) is 9.51. The number of nitrogens with one attached hydrogen (secondary N) is 1. The number of rotatable bonds is 5. The molecule has 1 amide bonds. The number of amides is 1. The van der Waals surface area contributed by atoms with Crippen LogP contribution >= 0.6 is 31.9 Å². The van der Waals surface area contributed by atoms with Gasteiger partial charge in [-0.3, -0.25) is 9.59 Å². The van der Waals surface area contributed by atoms with Crippen molar-refractivity contribution in [3.05, 3.63) is 26.8 Å². The third-order valence-corrected chi connectivity index (χ3v) is 5.20. The van der Waals surface area contributed by atoms with E-state index in [4.69, 9.17) is 4.42 Å². The fourth-order valence-corrected chi connectivity index (χ4v) is 4.40. The predicted octanol–water partition coefficient (Wildman–Crippen LogP) is 5.06. The van der Waals surface area contributed by atoms with E-state index >= 15 is 0 Å². The third-order valence-electron chi connectivity index (χ3n) is 3.79. The first-order valence-electron chi connectivity index (χ1n) is 7.96. The molecule has 0 aliphatic carbocycles. The fraction of sp³-hybridized carbons (Fsp3) is 0.444. The van der Waals surface area contributed by atoms with Crippen molar-refractivity contribution < 1.29 is 24.2 Å². The number of hydrogen-bond donors (Lipinski definition) is 3. The van der Waals surface area contributed by atoms with Crippen LogP contribution in [0.2, 0.25) is 0 Å². The van der Waals surface area contributed by atoms with Crippen LogP contribution in [0.25, 0.3) is 11.0 Å². The Morgan fingerprint density at radius 2 is 1.81 bits per heavy atom. The average Bonchev–Trinajstić information content (AvgIpc) is 2.85. The van der Waals surface area contributed by atoms with Gasteiger partial charge >= 0.3 is 5.97 Å². The molecule has 0 saturated heterocycles. The van der Waals surface area contributed by atoms with Gasteiger partial charge in [-0.05, 0) is 62.8 Å². The summed E-state index contributed by atoms with van der Waals surface area (Å²) in [5, 5.41) is 22.5. The molecule has 0 fully saturated rings. The Morgan fingerprint density at radius 3 is 2.35 bits per heavy atom. The molecule has 0 aliphatic heterocycles. The van der Waals surface area contributed by atoms with Gasteiger partial charge in [0.2, 0.25) is 0 Å². The first kappa shape index (κ1) is 20.8. The van der Waals surface area contributed by atoms with E-state index in [1.165, 1.54) is 6.07 Å². The highest BCUT2D eigenvalue weighted by Crippen LogP contribution is 2.40. The van der Waals surface area contributed by atoms with Crippen LogP contribution in [-0.4, -0.2) is 27.6 Å². The highest BCUT2D eigenvalue weighted by molar-refractivity contribution is 9.11. The number of carbonyl (C=O) groups excluding carboxylic acids is 1. The number of carbonyl (C=O) groups is 2. The van der Waals surface area contributed by atoms with Crippen molar-refractivity contribution in [2.75, 3.05) is 0 Å². The first-order chi connectivity index (χ1) is 11.8. The largest absolute Gasteiger partial charge is 0.506 e. The van der Waals surface area contributed by atoms with Crippen LogP contribution in [0.3, 0.4) is 0 Å². The highest BCUT2D eigenvalue weighted by Gasteiger charge is 2.35. The number of carboxylic acid groups (broad SMARTS) is 1. The summed E-state index contributed by atoms with van der Waals surface area (Å²) in [6.45, 7) is 7.67. The quantitative estimate of drug-likeness (QED) is 0.543. The molecule has 2 rings (SSSR count). The maximum absolute atomic E-state index is 12.7. The van der Waals surface area contributed by atoms with Crippen LogP contribution < -0.4 is 5.32 Å². The van der Waals surface area contributed by atoms with Gasteiger partial charge in [-0.1, -0.05) is 20.8 Å². The molecule has 0 radical (unpaired) electrons. The molecule has 1 aromatic heterocycles. The molecule has 1 aromatic carbocycles. The average molecular weight is 491 g/mol. The normalized spacial score (nSPS) is 14.2. The summed E-state index contributed by atoms with van der Waals surface area (Å²) >= 11 is 6.50. The van der Waals surface area contributed by atoms with Crippen LogP contribution in [0, 0.1) is 5.41 Å². The zero-order chi connectivity index (χ0) is 19.9. The highest BCUT2D eigenvalue weighted by atomic mass is 79.9. The lowest BCUT2D eigenvalue weighted by atomic mass is 9.79. The van der Waals surface area contributed by atoms with E-state index < -0.39 is 17.4 Å². The number of phenols is 1. The smallest absolute Gasteiger partial charge is 0.305 e. The number of benzene rings is 1. The van der Waals surface area contributed by atoms with Crippen LogP contribution in [-0.2, 0) is 4.79 Å². The van der Waals surface area contributed by atoms with E-state index in [-0.39, 0.29) is 23.3 Å². The molecule has 1 unspecified atom stereocenters. The summed E-state index contributed by atoms with van der Waals surface area (Å²) < 4.78 is 6.44. The van der Waals surface area contributed by atoms with Crippen molar-refractivity contribution in [2.45, 2.75) is 46.1 Å². The second kappa shape index (κ2) is 7.23. The molecule has 0 saturated carbocycles. The van der Waals surface area contributed by atoms with Gasteiger partial charge < -0.3 is 19.9 Å². The molecule has 6 nitrogen and oxygen atoms in total. The molecular weight excluding hydrogens is 470 g/mol. The maximum atomic E-state index is 12.7. The van der Waals surface area contributed by atoms with Gasteiger partial charge in [-0.15, -0.1) is 0 Å². The van der Waals surface area contributed by atoms with Gasteiger partial charge in [0, 0.05) is 10.9 Å². The summed E-state index contributed by atoms with van der Waals surface area (Å²) in [5.74, 6) is -1.44. The number of aromatic hydroxyl groups is 1. The standard InChI is InChI=1S/C18H21Br2NO5/c1-17(2,3)8-18(4,7-13(22)23)21-16(25)12-5-9-11(26-12)6-10(19)15(24)14(9)20/h5-6,24H,7-8H2,1-4H3,(H,21,25)(H,22,23). The molecule has 0 spiro atoms. The predicted molar refractivity (Wildman–Crippen MR) is 105 cm³/mol. The minimum Gasteiger partial charge on any atom is -0.506 e. The molecule has 2 aromatic rings. The number of fused-ring (bicyclic) bond motifs is 1. The third kappa shape index (κ3) is 4.79. The molecule has 0 bridgehead atoms. The second-order valence-electron chi connectivity index (χ2n) is 7.87. The number of hydrogen-bond acceptors (Lipinski definition) is 4. The number of carboxylic acids is 1. The van der Waals surface area contributed by atoms with E-state index in [1.807, 2.05) is 20.8 Å². The lowest BCUT2D eigenvalue weighted by Gasteiger charge is -2.35. The fourth-order valence-electron chi connectivity index (χ4n) is 3.20. The number of aliphatic carboxylic acids is 1. The van der Waals surface area contributed by atoms with Gasteiger partial charge in [0.1, 0.15) is 11.3 Å².